The van der Waals surface area contributed by atoms with Crippen molar-refractivity contribution in [2.75, 3.05) is 6.54 Å². The van der Waals surface area contributed by atoms with E-state index in [4.69, 9.17) is 10.00 Å². The fraction of sp³-hybridized carbons (Fsp3) is 0.333. The number of rotatable bonds is 4. The lowest BCUT2D eigenvalue weighted by atomic mass is 10.2. The number of nitrogens with one attached hydrogen (secondary N) is 1. The highest BCUT2D eigenvalue weighted by Gasteiger charge is 2.02. The minimum absolute atomic E-state index is 0.282. The third kappa shape index (κ3) is 4.01. The number of hydrogen-bond donors (Lipinski definition) is 1. The Morgan fingerprint density at radius 3 is 2.69 bits per heavy atom. The van der Waals surface area contributed by atoms with Crippen LogP contribution in [0, 0.1) is 11.3 Å². The SMILES string of the molecule is CCc1ccc(OC(=O)NCCC#N)cc1. The molecular weight excluding hydrogens is 204 g/mol. The molecule has 1 N–H and O–H groups in total. The summed E-state index contributed by atoms with van der Waals surface area (Å²) >= 11 is 0. The van der Waals surface area contributed by atoms with Crippen LogP contribution in [-0.2, 0) is 6.42 Å². The molecule has 0 saturated carbocycles. The smallest absolute Gasteiger partial charge is 0.410 e. The number of carbonyl (C=O) groups is 1. The molecule has 4 nitrogen and oxygen atoms in total. The maximum Gasteiger partial charge on any atom is 0.412 e. The fourth-order valence-electron chi connectivity index (χ4n) is 1.16. The van der Waals surface area contributed by atoms with Crippen LogP contribution in [0.15, 0.2) is 24.3 Å². The molecule has 1 aromatic rings. The molecule has 0 aromatic heterocycles. The van der Waals surface area contributed by atoms with Crippen LogP contribution in [0.5, 0.6) is 5.75 Å². The lowest BCUT2D eigenvalue weighted by Crippen LogP contribution is -2.27. The van der Waals surface area contributed by atoms with Gasteiger partial charge in [0.05, 0.1) is 12.5 Å². The van der Waals surface area contributed by atoms with Gasteiger partial charge in [-0.1, -0.05) is 19.1 Å². The quantitative estimate of drug-likeness (QED) is 0.788. The van der Waals surface area contributed by atoms with E-state index in [-0.39, 0.29) is 6.42 Å². The molecule has 0 aliphatic heterocycles. The molecule has 84 valence electrons. The highest BCUT2D eigenvalue weighted by molar-refractivity contribution is 5.70. The Hall–Kier alpha value is -2.02. The van der Waals surface area contributed by atoms with Crippen LogP contribution in [0.2, 0.25) is 0 Å². The average Bonchev–Trinajstić information content (AvgIpc) is 2.30. The number of benzene rings is 1. The van der Waals surface area contributed by atoms with Crippen molar-refractivity contribution < 1.29 is 9.53 Å². The van der Waals surface area contributed by atoms with Gasteiger partial charge in [-0.3, -0.25) is 0 Å². The maximum absolute atomic E-state index is 11.2. The van der Waals surface area contributed by atoms with Crippen molar-refractivity contribution in [1.82, 2.24) is 5.32 Å². The van der Waals surface area contributed by atoms with Crippen molar-refractivity contribution in [1.29, 1.82) is 5.26 Å². The number of amides is 1. The summed E-state index contributed by atoms with van der Waals surface area (Å²) in [6.45, 7) is 2.37. The van der Waals surface area contributed by atoms with Gasteiger partial charge in [0.2, 0.25) is 0 Å². The van der Waals surface area contributed by atoms with Gasteiger partial charge in [-0.15, -0.1) is 0 Å². The predicted molar refractivity (Wildman–Crippen MR) is 60.1 cm³/mol. The molecule has 0 atom stereocenters. The molecule has 0 fully saturated rings. The zero-order chi connectivity index (χ0) is 11.8. The molecule has 16 heavy (non-hydrogen) atoms. The first-order valence-electron chi connectivity index (χ1n) is 5.18. The third-order valence-electron chi connectivity index (χ3n) is 2.05. The minimum atomic E-state index is -0.528. The number of nitriles is 1. The largest absolute Gasteiger partial charge is 0.412 e. The first kappa shape index (κ1) is 12.1. The molecular formula is C12H14N2O2. The topological polar surface area (TPSA) is 62.1 Å². The summed E-state index contributed by atoms with van der Waals surface area (Å²) in [5, 5.41) is 10.8. The van der Waals surface area contributed by atoms with Crippen molar-refractivity contribution in [3.8, 4) is 11.8 Å². The molecule has 0 unspecified atom stereocenters. The molecule has 1 aromatic carbocycles. The van der Waals surface area contributed by atoms with Crippen molar-refractivity contribution in [2.45, 2.75) is 19.8 Å². The van der Waals surface area contributed by atoms with Crippen LogP contribution in [0.3, 0.4) is 0 Å². The summed E-state index contributed by atoms with van der Waals surface area (Å²) in [7, 11) is 0. The van der Waals surface area contributed by atoms with Gasteiger partial charge in [0.15, 0.2) is 0 Å². The molecule has 4 heteroatoms. The van der Waals surface area contributed by atoms with Gasteiger partial charge < -0.3 is 10.1 Å². The van der Waals surface area contributed by atoms with Crippen molar-refractivity contribution >= 4 is 6.09 Å². The fourth-order valence-corrected chi connectivity index (χ4v) is 1.16. The van der Waals surface area contributed by atoms with Crippen LogP contribution in [0.25, 0.3) is 0 Å². The summed E-state index contributed by atoms with van der Waals surface area (Å²) in [6.07, 6.45) is 0.706. The summed E-state index contributed by atoms with van der Waals surface area (Å²) in [6, 6.07) is 9.27. The van der Waals surface area contributed by atoms with Crippen LogP contribution < -0.4 is 10.1 Å². The van der Waals surface area contributed by atoms with Gasteiger partial charge in [-0.05, 0) is 24.1 Å². The van der Waals surface area contributed by atoms with Gasteiger partial charge in [-0.2, -0.15) is 5.26 Å². The molecule has 0 spiro atoms. The second-order valence-electron chi connectivity index (χ2n) is 3.22. The van der Waals surface area contributed by atoms with Gasteiger partial charge in [0.25, 0.3) is 0 Å². The van der Waals surface area contributed by atoms with E-state index in [9.17, 15) is 4.79 Å². The van der Waals surface area contributed by atoms with Gasteiger partial charge in [-0.25, -0.2) is 4.79 Å². The van der Waals surface area contributed by atoms with E-state index in [1.165, 1.54) is 5.56 Å². The second-order valence-corrected chi connectivity index (χ2v) is 3.22. The van der Waals surface area contributed by atoms with E-state index in [1.54, 1.807) is 12.1 Å². The van der Waals surface area contributed by atoms with E-state index in [1.807, 2.05) is 18.2 Å². The molecule has 1 amide bonds. The molecule has 0 saturated heterocycles. The Balaban J connectivity index is 2.41. The monoisotopic (exact) mass is 218 g/mol. The van der Waals surface area contributed by atoms with E-state index >= 15 is 0 Å². The maximum atomic E-state index is 11.2. The van der Waals surface area contributed by atoms with Crippen LogP contribution >= 0.6 is 0 Å². The second kappa shape index (κ2) is 6.46. The van der Waals surface area contributed by atoms with Crippen molar-refractivity contribution in [2.24, 2.45) is 0 Å². The summed E-state index contributed by atoms with van der Waals surface area (Å²) in [4.78, 5) is 11.2. The predicted octanol–water partition coefficient (Wildman–Crippen LogP) is 2.25. The highest BCUT2D eigenvalue weighted by Crippen LogP contribution is 2.12. The Bertz CT molecular complexity index is 379. The van der Waals surface area contributed by atoms with Gasteiger partial charge in [0.1, 0.15) is 5.75 Å². The van der Waals surface area contributed by atoms with Crippen LogP contribution in [0.1, 0.15) is 18.9 Å². The first-order valence-corrected chi connectivity index (χ1v) is 5.18. The standard InChI is InChI=1S/C12H14N2O2/c1-2-10-4-6-11(7-5-10)16-12(15)14-9-3-8-13/h4-7H,2-3,9H2,1H3,(H,14,15). The molecule has 0 heterocycles. The van der Waals surface area contributed by atoms with E-state index in [0.29, 0.717) is 12.3 Å². The number of nitrogens with zero attached hydrogens (tertiary/aromatic N) is 1. The third-order valence-corrected chi connectivity index (χ3v) is 2.05. The van der Waals surface area contributed by atoms with E-state index in [2.05, 4.69) is 12.2 Å². The molecule has 0 aliphatic rings. The van der Waals surface area contributed by atoms with Gasteiger partial charge >= 0.3 is 6.09 Å². The minimum Gasteiger partial charge on any atom is -0.410 e. The van der Waals surface area contributed by atoms with E-state index < -0.39 is 6.09 Å². The van der Waals surface area contributed by atoms with Crippen molar-refractivity contribution in [3.63, 3.8) is 0 Å². The Morgan fingerprint density at radius 1 is 1.44 bits per heavy atom. The molecule has 0 aliphatic carbocycles. The number of carbonyl (C=O) groups excluding carboxylic acids is 1. The normalized spacial score (nSPS) is 9.25. The van der Waals surface area contributed by atoms with Crippen LogP contribution in [-0.4, -0.2) is 12.6 Å². The Labute approximate surface area is 94.8 Å². The molecule has 1 rings (SSSR count). The molecule has 0 bridgehead atoms. The Morgan fingerprint density at radius 2 is 2.12 bits per heavy atom. The number of ether oxygens (including phenoxy) is 1. The Kier molecular flexibility index (Phi) is 4.87. The zero-order valence-electron chi connectivity index (χ0n) is 9.19. The first-order chi connectivity index (χ1) is 7.76. The number of hydrogen-bond acceptors (Lipinski definition) is 3. The summed E-state index contributed by atoms with van der Waals surface area (Å²) in [5.41, 5.74) is 1.19. The summed E-state index contributed by atoms with van der Waals surface area (Å²) < 4.78 is 5.00. The highest BCUT2D eigenvalue weighted by atomic mass is 16.5. The lowest BCUT2D eigenvalue weighted by Gasteiger charge is -2.05. The summed E-state index contributed by atoms with van der Waals surface area (Å²) in [5.74, 6) is 0.506. The van der Waals surface area contributed by atoms with Gasteiger partial charge in [0, 0.05) is 6.54 Å². The molecule has 0 radical (unpaired) electrons. The zero-order valence-corrected chi connectivity index (χ0v) is 9.19. The van der Waals surface area contributed by atoms with Crippen LogP contribution in [0.4, 0.5) is 4.79 Å². The number of aryl methyl sites for hydroxylation is 1. The average molecular weight is 218 g/mol. The van der Waals surface area contributed by atoms with Crippen molar-refractivity contribution in [3.05, 3.63) is 29.8 Å². The van der Waals surface area contributed by atoms with E-state index in [0.717, 1.165) is 6.42 Å². The lowest BCUT2D eigenvalue weighted by molar-refractivity contribution is 0.201.